The fourth-order valence-corrected chi connectivity index (χ4v) is 2.52. The minimum atomic E-state index is -0.250. The molecule has 2 heterocycles. The second-order valence-electron chi connectivity index (χ2n) is 7.03. The highest BCUT2D eigenvalue weighted by atomic mass is 16.5. The third-order valence-electron chi connectivity index (χ3n) is 3.74. The smallest absolute Gasteiger partial charge is 0.274 e. The van der Waals surface area contributed by atoms with E-state index in [-0.39, 0.29) is 11.5 Å². The third-order valence-corrected chi connectivity index (χ3v) is 3.74. The number of carbonyl (C=O) groups excluding carboxylic acids is 1. The maximum Gasteiger partial charge on any atom is 0.274 e. The Kier molecular flexibility index (Phi) is 5.66. The molecule has 6 nitrogen and oxygen atoms in total. The maximum absolute atomic E-state index is 12.2. The molecule has 3 aromatic rings. The molecule has 6 heteroatoms. The molecule has 0 aliphatic rings. The quantitative estimate of drug-likeness (QED) is 0.667. The number of rotatable bonds is 6. The summed E-state index contributed by atoms with van der Waals surface area (Å²) in [6.45, 7) is 6.92. The van der Waals surface area contributed by atoms with Gasteiger partial charge >= 0.3 is 0 Å². The normalized spacial score (nSPS) is 11.4. The van der Waals surface area contributed by atoms with Crippen LogP contribution in [0.3, 0.4) is 0 Å². The van der Waals surface area contributed by atoms with Crippen molar-refractivity contribution in [3.05, 3.63) is 60.6 Å². The summed E-state index contributed by atoms with van der Waals surface area (Å²) in [7, 11) is 0. The van der Waals surface area contributed by atoms with Crippen LogP contribution in [0.5, 0.6) is 5.88 Å². The number of hydrogen-bond donors (Lipinski definition) is 1. The number of nitrogens with one attached hydrogen (secondary N) is 1. The molecule has 0 atom stereocenters. The van der Waals surface area contributed by atoms with Gasteiger partial charge in [-0.3, -0.25) is 9.78 Å². The summed E-state index contributed by atoms with van der Waals surface area (Å²) in [6.07, 6.45) is 3.28. The number of ether oxygens (including phenoxy) is 2. The first-order chi connectivity index (χ1) is 12.9. The summed E-state index contributed by atoms with van der Waals surface area (Å²) in [6, 6.07) is 12.7. The Labute approximate surface area is 158 Å². The lowest BCUT2D eigenvalue weighted by molar-refractivity contribution is -0.0166. The first-order valence-electron chi connectivity index (χ1n) is 8.80. The molecule has 0 fully saturated rings. The van der Waals surface area contributed by atoms with Gasteiger partial charge in [0.1, 0.15) is 12.3 Å². The molecule has 0 bridgehead atoms. The Morgan fingerprint density at radius 2 is 1.89 bits per heavy atom. The topological polar surface area (TPSA) is 73.3 Å². The molecule has 27 heavy (non-hydrogen) atoms. The van der Waals surface area contributed by atoms with Crippen LogP contribution >= 0.6 is 0 Å². The zero-order valence-electron chi connectivity index (χ0n) is 15.7. The number of carbonyl (C=O) groups is 1. The highest BCUT2D eigenvalue weighted by molar-refractivity contribution is 6.04. The molecule has 0 saturated heterocycles. The zero-order valence-corrected chi connectivity index (χ0v) is 15.7. The second kappa shape index (κ2) is 8.14. The first-order valence-corrected chi connectivity index (χ1v) is 8.80. The Balaban J connectivity index is 1.70. The van der Waals surface area contributed by atoms with Crippen molar-refractivity contribution in [3.8, 4) is 5.88 Å². The number of pyridine rings is 2. The van der Waals surface area contributed by atoms with E-state index in [1.165, 1.54) is 0 Å². The minimum Gasteiger partial charge on any atom is -0.475 e. The summed E-state index contributed by atoms with van der Waals surface area (Å²) in [5.41, 5.74) is 0.859. The van der Waals surface area contributed by atoms with Crippen molar-refractivity contribution in [3.63, 3.8) is 0 Å². The van der Waals surface area contributed by atoms with Crippen LogP contribution in [0.15, 0.2) is 54.9 Å². The van der Waals surface area contributed by atoms with Crippen LogP contribution < -0.4 is 10.1 Å². The number of fused-ring (bicyclic) bond motifs is 1. The van der Waals surface area contributed by atoms with E-state index in [1.807, 2.05) is 45.0 Å². The van der Waals surface area contributed by atoms with Crippen molar-refractivity contribution in [1.82, 2.24) is 9.97 Å². The van der Waals surface area contributed by atoms with Gasteiger partial charge in [-0.25, -0.2) is 4.98 Å². The van der Waals surface area contributed by atoms with E-state index >= 15 is 0 Å². The predicted octanol–water partition coefficient (Wildman–Crippen LogP) is 4.08. The predicted molar refractivity (Wildman–Crippen MR) is 105 cm³/mol. The van der Waals surface area contributed by atoms with Gasteiger partial charge in [0.25, 0.3) is 5.91 Å². The standard InChI is InChI=1S/C21H23N3O3/c1-21(2,3)27-13-12-26-20-17-8-7-16(14-15(17)9-11-23-20)24-19(25)18-6-4-5-10-22-18/h4-11,14H,12-13H2,1-3H3,(H,24,25). The Hall–Kier alpha value is -2.99. The van der Waals surface area contributed by atoms with E-state index in [0.29, 0.717) is 30.5 Å². The first kappa shape index (κ1) is 18.8. The van der Waals surface area contributed by atoms with E-state index in [2.05, 4.69) is 15.3 Å². The summed E-state index contributed by atoms with van der Waals surface area (Å²) in [5, 5.41) is 4.66. The SMILES string of the molecule is CC(C)(C)OCCOc1nccc2cc(NC(=O)c3ccccn3)ccc12. The molecule has 0 saturated carbocycles. The summed E-state index contributed by atoms with van der Waals surface area (Å²) in [4.78, 5) is 20.6. The second-order valence-corrected chi connectivity index (χ2v) is 7.03. The van der Waals surface area contributed by atoms with Crippen LogP contribution in [-0.4, -0.2) is 34.7 Å². The van der Waals surface area contributed by atoms with Crippen LogP contribution in [0.1, 0.15) is 31.3 Å². The molecule has 1 N–H and O–H groups in total. The molecule has 3 rings (SSSR count). The highest BCUT2D eigenvalue weighted by Crippen LogP contribution is 2.26. The molecular weight excluding hydrogens is 342 g/mol. The number of benzene rings is 1. The van der Waals surface area contributed by atoms with Gasteiger partial charge in [0.2, 0.25) is 5.88 Å². The van der Waals surface area contributed by atoms with Crippen molar-refractivity contribution in [1.29, 1.82) is 0 Å². The molecular formula is C21H23N3O3. The number of aromatic nitrogens is 2. The van der Waals surface area contributed by atoms with E-state index in [4.69, 9.17) is 9.47 Å². The van der Waals surface area contributed by atoms with E-state index in [9.17, 15) is 4.79 Å². The number of nitrogens with zero attached hydrogens (tertiary/aromatic N) is 2. The van der Waals surface area contributed by atoms with Gasteiger partial charge in [-0.1, -0.05) is 6.07 Å². The molecule has 1 amide bonds. The van der Waals surface area contributed by atoms with Gasteiger partial charge in [-0.15, -0.1) is 0 Å². The minimum absolute atomic E-state index is 0.198. The molecule has 0 spiro atoms. The average molecular weight is 365 g/mol. The molecule has 2 aromatic heterocycles. The van der Waals surface area contributed by atoms with Gasteiger partial charge in [0.05, 0.1) is 12.2 Å². The largest absolute Gasteiger partial charge is 0.475 e. The Morgan fingerprint density at radius 3 is 2.63 bits per heavy atom. The molecule has 140 valence electrons. The van der Waals surface area contributed by atoms with Crippen molar-refractivity contribution >= 4 is 22.4 Å². The van der Waals surface area contributed by atoms with E-state index in [0.717, 1.165) is 10.8 Å². The third kappa shape index (κ3) is 5.24. The molecule has 1 aromatic carbocycles. The van der Waals surface area contributed by atoms with Gasteiger partial charge < -0.3 is 14.8 Å². The molecule has 0 aliphatic heterocycles. The fraction of sp³-hybridized carbons (Fsp3) is 0.286. The van der Waals surface area contributed by atoms with Gasteiger partial charge in [-0.05, 0) is 62.6 Å². The lowest BCUT2D eigenvalue weighted by Crippen LogP contribution is -2.22. The van der Waals surface area contributed by atoms with Crippen LogP contribution in [0.2, 0.25) is 0 Å². The summed E-state index contributed by atoms with van der Waals surface area (Å²) in [5.74, 6) is 0.299. The van der Waals surface area contributed by atoms with Crippen molar-refractivity contribution in [2.24, 2.45) is 0 Å². The van der Waals surface area contributed by atoms with Crippen LogP contribution in [0, 0.1) is 0 Å². The maximum atomic E-state index is 12.2. The Morgan fingerprint density at radius 1 is 1.04 bits per heavy atom. The monoisotopic (exact) mass is 365 g/mol. The number of amides is 1. The van der Waals surface area contributed by atoms with E-state index < -0.39 is 0 Å². The Bertz CT molecular complexity index is 921. The fourth-order valence-electron chi connectivity index (χ4n) is 2.52. The number of hydrogen-bond acceptors (Lipinski definition) is 5. The lowest BCUT2D eigenvalue weighted by atomic mass is 10.1. The van der Waals surface area contributed by atoms with Crippen molar-refractivity contribution in [2.75, 3.05) is 18.5 Å². The van der Waals surface area contributed by atoms with Gasteiger partial charge in [-0.2, -0.15) is 0 Å². The van der Waals surface area contributed by atoms with Gasteiger partial charge in [0.15, 0.2) is 0 Å². The highest BCUT2D eigenvalue weighted by Gasteiger charge is 2.11. The van der Waals surface area contributed by atoms with Gasteiger partial charge in [0, 0.05) is 23.5 Å². The summed E-state index contributed by atoms with van der Waals surface area (Å²) < 4.78 is 11.4. The van der Waals surface area contributed by atoms with Crippen LogP contribution in [0.25, 0.3) is 10.8 Å². The zero-order chi connectivity index (χ0) is 19.3. The van der Waals surface area contributed by atoms with Crippen LogP contribution in [-0.2, 0) is 4.74 Å². The molecule has 0 radical (unpaired) electrons. The molecule has 0 unspecified atom stereocenters. The summed E-state index contributed by atoms with van der Waals surface area (Å²) >= 11 is 0. The van der Waals surface area contributed by atoms with E-state index in [1.54, 1.807) is 30.6 Å². The lowest BCUT2D eigenvalue weighted by Gasteiger charge is -2.19. The van der Waals surface area contributed by atoms with Crippen molar-refractivity contribution in [2.45, 2.75) is 26.4 Å². The van der Waals surface area contributed by atoms with Crippen LogP contribution in [0.4, 0.5) is 5.69 Å². The number of anilines is 1. The molecule has 0 aliphatic carbocycles. The van der Waals surface area contributed by atoms with Crippen molar-refractivity contribution < 1.29 is 14.3 Å². The average Bonchev–Trinajstić information content (AvgIpc) is 2.65.